The molecule has 7 heteroatoms. The van der Waals surface area contributed by atoms with Crippen molar-refractivity contribution in [2.24, 2.45) is 5.10 Å². The first kappa shape index (κ1) is 16.7. The standard InChI is InChI=1S/C14H27N4O2P/c1-5-16(6-2)21(19,17-9-11-20-12-10-17)18-14(4)8-7-13(3)15-18/h8H,5-7,9-12H2,1-4H3. The van der Waals surface area contributed by atoms with Gasteiger partial charge < -0.3 is 4.74 Å². The van der Waals surface area contributed by atoms with Crippen LogP contribution in [0.15, 0.2) is 16.9 Å². The van der Waals surface area contributed by atoms with Crippen molar-refractivity contribution in [1.82, 2.24) is 14.1 Å². The fourth-order valence-corrected chi connectivity index (χ4v) is 5.77. The molecular formula is C14H27N4O2P. The predicted octanol–water partition coefficient (Wildman–Crippen LogP) is 2.75. The number of hydrazone groups is 1. The van der Waals surface area contributed by atoms with Gasteiger partial charge in [0, 0.05) is 44.0 Å². The number of morpholine rings is 1. The molecule has 2 aliphatic rings. The molecule has 0 aromatic carbocycles. The minimum absolute atomic E-state index is 0.630. The quantitative estimate of drug-likeness (QED) is 0.730. The molecule has 0 saturated carbocycles. The summed E-state index contributed by atoms with van der Waals surface area (Å²) in [5, 5.41) is 4.62. The maximum atomic E-state index is 14.0. The van der Waals surface area contributed by atoms with Gasteiger partial charge in [-0.05, 0) is 13.8 Å². The summed E-state index contributed by atoms with van der Waals surface area (Å²) in [5.41, 5.74) is 1.98. The van der Waals surface area contributed by atoms with Crippen molar-refractivity contribution in [2.45, 2.75) is 34.1 Å². The second-order valence-electron chi connectivity index (χ2n) is 5.39. The fourth-order valence-electron chi connectivity index (χ4n) is 2.75. The monoisotopic (exact) mass is 314 g/mol. The molecule has 0 N–H and O–H groups in total. The highest BCUT2D eigenvalue weighted by Crippen LogP contribution is 2.59. The average Bonchev–Trinajstić information content (AvgIpc) is 2.51. The van der Waals surface area contributed by atoms with Gasteiger partial charge >= 0.3 is 7.59 Å². The van der Waals surface area contributed by atoms with E-state index in [0.29, 0.717) is 26.3 Å². The van der Waals surface area contributed by atoms with Crippen molar-refractivity contribution in [2.75, 3.05) is 39.4 Å². The average molecular weight is 314 g/mol. The molecule has 0 radical (unpaired) electrons. The van der Waals surface area contributed by atoms with Gasteiger partial charge in [0.1, 0.15) is 0 Å². The van der Waals surface area contributed by atoms with E-state index in [1.165, 1.54) is 0 Å². The van der Waals surface area contributed by atoms with Crippen LogP contribution in [0, 0.1) is 0 Å². The molecule has 0 spiro atoms. The second kappa shape index (κ2) is 7.05. The Bertz CT molecular complexity index is 468. The number of hydrogen-bond donors (Lipinski definition) is 0. The highest BCUT2D eigenvalue weighted by molar-refractivity contribution is 7.56. The summed E-state index contributed by atoms with van der Waals surface area (Å²) in [5.74, 6) is 0. The topological polar surface area (TPSA) is 48.4 Å². The number of ether oxygens (including phenoxy) is 1. The SMILES string of the molecule is CCN(CC)P(=O)(N1CCOCC1)N1N=C(C)CC=C1C. The smallest absolute Gasteiger partial charge is 0.330 e. The van der Waals surface area contributed by atoms with Crippen LogP contribution in [0.1, 0.15) is 34.1 Å². The maximum Gasteiger partial charge on any atom is 0.330 e. The number of hydrogen-bond acceptors (Lipinski definition) is 3. The van der Waals surface area contributed by atoms with E-state index in [4.69, 9.17) is 4.74 Å². The van der Waals surface area contributed by atoms with E-state index < -0.39 is 7.59 Å². The van der Waals surface area contributed by atoms with Gasteiger partial charge in [-0.2, -0.15) is 9.88 Å². The van der Waals surface area contributed by atoms with Crippen molar-refractivity contribution in [1.29, 1.82) is 0 Å². The Morgan fingerprint density at radius 1 is 1.29 bits per heavy atom. The molecular weight excluding hydrogens is 287 g/mol. The molecule has 1 unspecified atom stereocenters. The van der Waals surface area contributed by atoms with Gasteiger partial charge in [0.15, 0.2) is 0 Å². The number of allylic oxidation sites excluding steroid dienone is 2. The van der Waals surface area contributed by atoms with Gasteiger partial charge in [0.2, 0.25) is 0 Å². The molecule has 0 aromatic heterocycles. The molecule has 2 heterocycles. The maximum absolute atomic E-state index is 14.0. The third-order valence-electron chi connectivity index (χ3n) is 3.98. The zero-order valence-corrected chi connectivity index (χ0v) is 14.5. The molecule has 120 valence electrons. The van der Waals surface area contributed by atoms with Gasteiger partial charge in [-0.15, -0.1) is 0 Å². The van der Waals surface area contributed by atoms with Crippen LogP contribution in [0.2, 0.25) is 0 Å². The molecule has 0 aromatic rings. The first-order valence-electron chi connectivity index (χ1n) is 7.74. The highest BCUT2D eigenvalue weighted by atomic mass is 31.2. The summed E-state index contributed by atoms with van der Waals surface area (Å²) >= 11 is 0. The van der Waals surface area contributed by atoms with Crippen LogP contribution in [0.5, 0.6) is 0 Å². The van der Waals surface area contributed by atoms with Gasteiger partial charge in [-0.1, -0.05) is 19.9 Å². The van der Waals surface area contributed by atoms with Crippen LogP contribution in [0.3, 0.4) is 0 Å². The summed E-state index contributed by atoms with van der Waals surface area (Å²) in [6.07, 6.45) is 2.95. The van der Waals surface area contributed by atoms with E-state index in [1.807, 2.05) is 18.5 Å². The Balaban J connectivity index is 2.41. The lowest BCUT2D eigenvalue weighted by Crippen LogP contribution is -2.44. The molecule has 1 atom stereocenters. The van der Waals surface area contributed by atoms with Crippen molar-refractivity contribution in [3.63, 3.8) is 0 Å². The van der Waals surface area contributed by atoms with Crippen LogP contribution < -0.4 is 0 Å². The van der Waals surface area contributed by atoms with Crippen molar-refractivity contribution in [3.05, 3.63) is 11.8 Å². The molecule has 2 aliphatic heterocycles. The molecule has 0 aliphatic carbocycles. The van der Waals surface area contributed by atoms with E-state index >= 15 is 0 Å². The lowest BCUT2D eigenvalue weighted by Gasteiger charge is -2.45. The summed E-state index contributed by atoms with van der Waals surface area (Å²) in [7, 11) is -2.91. The van der Waals surface area contributed by atoms with E-state index in [1.54, 1.807) is 4.78 Å². The summed E-state index contributed by atoms with van der Waals surface area (Å²) in [6, 6.07) is 0. The first-order chi connectivity index (χ1) is 10.0. The minimum atomic E-state index is -2.91. The summed E-state index contributed by atoms with van der Waals surface area (Å²) < 4.78 is 25.3. The van der Waals surface area contributed by atoms with Gasteiger partial charge in [0.05, 0.1) is 13.2 Å². The predicted molar refractivity (Wildman–Crippen MR) is 86.2 cm³/mol. The molecule has 6 nitrogen and oxygen atoms in total. The fraction of sp³-hybridized carbons (Fsp3) is 0.786. The van der Waals surface area contributed by atoms with Gasteiger partial charge in [-0.25, -0.2) is 9.34 Å². The second-order valence-corrected chi connectivity index (χ2v) is 7.93. The molecule has 1 saturated heterocycles. The van der Waals surface area contributed by atoms with Crippen LogP contribution in [-0.2, 0) is 9.30 Å². The number of rotatable bonds is 5. The van der Waals surface area contributed by atoms with Crippen LogP contribution in [-0.4, -0.2) is 59.2 Å². The lowest BCUT2D eigenvalue weighted by molar-refractivity contribution is 0.0652. The normalized spacial score (nSPS) is 23.8. The molecule has 21 heavy (non-hydrogen) atoms. The van der Waals surface area contributed by atoms with E-state index in [2.05, 4.69) is 29.7 Å². The molecule has 2 rings (SSSR count). The summed E-state index contributed by atoms with van der Waals surface area (Å²) in [4.78, 5) is 0. The zero-order chi connectivity index (χ0) is 15.5. The van der Waals surface area contributed by atoms with Crippen molar-refractivity contribution in [3.8, 4) is 0 Å². The Kier molecular flexibility index (Phi) is 5.60. The van der Waals surface area contributed by atoms with E-state index in [9.17, 15) is 4.57 Å². The Morgan fingerprint density at radius 2 is 1.90 bits per heavy atom. The third kappa shape index (κ3) is 3.24. The molecule has 0 amide bonds. The van der Waals surface area contributed by atoms with Crippen molar-refractivity contribution >= 4 is 13.3 Å². The Labute approximate surface area is 127 Å². The zero-order valence-electron chi connectivity index (χ0n) is 13.6. The first-order valence-corrected chi connectivity index (χ1v) is 9.30. The van der Waals surface area contributed by atoms with Gasteiger partial charge in [0.25, 0.3) is 0 Å². The van der Waals surface area contributed by atoms with Crippen molar-refractivity contribution < 1.29 is 9.30 Å². The molecule has 0 bridgehead atoms. The lowest BCUT2D eigenvalue weighted by atomic mass is 10.2. The van der Waals surface area contributed by atoms with Crippen LogP contribution in [0.4, 0.5) is 0 Å². The molecule has 1 fully saturated rings. The summed E-state index contributed by atoms with van der Waals surface area (Å²) in [6.45, 7) is 12.2. The largest absolute Gasteiger partial charge is 0.379 e. The Morgan fingerprint density at radius 3 is 2.48 bits per heavy atom. The van der Waals surface area contributed by atoms with Crippen LogP contribution in [0.25, 0.3) is 0 Å². The van der Waals surface area contributed by atoms with Crippen LogP contribution >= 0.6 is 7.59 Å². The van der Waals surface area contributed by atoms with E-state index in [0.717, 1.165) is 30.9 Å². The highest BCUT2D eigenvalue weighted by Gasteiger charge is 2.43. The number of nitrogens with zero attached hydrogens (tertiary/aromatic N) is 4. The Hall–Kier alpha value is -0.680. The van der Waals surface area contributed by atoms with E-state index in [-0.39, 0.29) is 0 Å². The van der Waals surface area contributed by atoms with Gasteiger partial charge in [-0.3, -0.25) is 4.57 Å². The minimum Gasteiger partial charge on any atom is -0.379 e. The third-order valence-corrected chi connectivity index (χ3v) is 7.31.